The minimum atomic E-state index is 0.858. The lowest BCUT2D eigenvalue weighted by Crippen LogP contribution is -2.32. The van der Waals surface area contributed by atoms with E-state index in [0.29, 0.717) is 0 Å². The van der Waals surface area contributed by atoms with Crippen molar-refractivity contribution in [3.8, 4) is 0 Å². The lowest BCUT2D eigenvalue weighted by atomic mass is 9.99. The first-order chi connectivity index (χ1) is 12.3. The zero-order chi connectivity index (χ0) is 17.1. The van der Waals surface area contributed by atoms with Gasteiger partial charge in [0.2, 0.25) is 0 Å². The molecule has 0 atom stereocenters. The number of aromatic nitrogens is 2. The molecule has 5 nitrogen and oxygen atoms in total. The minimum absolute atomic E-state index is 0.858. The van der Waals surface area contributed by atoms with Crippen LogP contribution in [0.25, 0.3) is 0 Å². The van der Waals surface area contributed by atoms with Gasteiger partial charge in [-0.25, -0.2) is 9.97 Å². The molecule has 2 aliphatic rings. The molecule has 2 saturated heterocycles. The summed E-state index contributed by atoms with van der Waals surface area (Å²) < 4.78 is 0. The summed E-state index contributed by atoms with van der Waals surface area (Å²) in [6.07, 6.45) is 6.74. The fourth-order valence-electron chi connectivity index (χ4n) is 3.70. The summed E-state index contributed by atoms with van der Waals surface area (Å²) in [5.41, 5.74) is 2.39. The quantitative estimate of drug-likeness (QED) is 0.911. The smallest absolute Gasteiger partial charge is 0.135 e. The molecule has 2 aromatic rings. The van der Waals surface area contributed by atoms with Gasteiger partial charge in [-0.3, -0.25) is 0 Å². The first-order valence-corrected chi connectivity index (χ1v) is 9.47. The average Bonchev–Trinajstić information content (AvgIpc) is 3.18. The maximum atomic E-state index is 4.41. The minimum Gasteiger partial charge on any atom is -0.372 e. The topological polar surface area (TPSA) is 44.3 Å². The number of benzene rings is 1. The summed E-state index contributed by atoms with van der Waals surface area (Å²) in [7, 11) is 0. The summed E-state index contributed by atoms with van der Waals surface area (Å²) in [4.78, 5) is 13.6. The first kappa shape index (κ1) is 16.2. The summed E-state index contributed by atoms with van der Waals surface area (Å²) in [6.45, 7) is 6.87. The predicted octanol–water partition coefficient (Wildman–Crippen LogP) is 4.06. The number of anilines is 4. The molecule has 5 heteroatoms. The largest absolute Gasteiger partial charge is 0.372 e. The van der Waals surface area contributed by atoms with Gasteiger partial charge < -0.3 is 15.1 Å². The van der Waals surface area contributed by atoms with Crippen LogP contribution >= 0.6 is 0 Å². The summed E-state index contributed by atoms with van der Waals surface area (Å²) in [5.74, 6) is 2.74. The second-order valence-electron chi connectivity index (χ2n) is 7.30. The van der Waals surface area contributed by atoms with Gasteiger partial charge >= 0.3 is 0 Å². The van der Waals surface area contributed by atoms with Crippen LogP contribution in [0, 0.1) is 5.92 Å². The number of piperidine rings is 1. The zero-order valence-electron chi connectivity index (χ0n) is 15.0. The fourth-order valence-corrected chi connectivity index (χ4v) is 3.70. The van der Waals surface area contributed by atoms with Crippen molar-refractivity contribution < 1.29 is 0 Å². The maximum Gasteiger partial charge on any atom is 0.135 e. The third-order valence-corrected chi connectivity index (χ3v) is 5.37. The molecular weight excluding hydrogens is 310 g/mol. The van der Waals surface area contributed by atoms with Crippen LogP contribution in [0.4, 0.5) is 23.0 Å². The van der Waals surface area contributed by atoms with E-state index in [4.69, 9.17) is 0 Å². The molecule has 0 amide bonds. The molecule has 3 heterocycles. The van der Waals surface area contributed by atoms with E-state index in [0.717, 1.165) is 36.3 Å². The number of nitrogens with one attached hydrogen (secondary N) is 1. The van der Waals surface area contributed by atoms with Crippen molar-refractivity contribution in [2.45, 2.75) is 32.6 Å². The fraction of sp³-hybridized carbons (Fsp3) is 0.500. The molecule has 0 spiro atoms. The van der Waals surface area contributed by atoms with Gasteiger partial charge in [0.05, 0.1) is 0 Å². The zero-order valence-corrected chi connectivity index (χ0v) is 15.0. The van der Waals surface area contributed by atoms with Crippen LogP contribution in [0.3, 0.4) is 0 Å². The first-order valence-electron chi connectivity index (χ1n) is 9.47. The standard InChI is InChI=1S/C20H27N5/c1-16-8-12-24(13-9-16)18-6-4-17(5-7-18)23-19-14-20(22-15-21-19)25-10-2-3-11-25/h4-7,14-16H,2-3,8-13H2,1H3,(H,21,22,23). The van der Waals surface area contributed by atoms with E-state index < -0.39 is 0 Å². The molecule has 0 radical (unpaired) electrons. The molecule has 1 aromatic heterocycles. The van der Waals surface area contributed by atoms with Gasteiger partial charge in [-0.1, -0.05) is 6.92 Å². The van der Waals surface area contributed by atoms with Crippen LogP contribution in [0.5, 0.6) is 0 Å². The molecular formula is C20H27N5. The van der Waals surface area contributed by atoms with Gasteiger partial charge in [0.1, 0.15) is 18.0 Å². The highest BCUT2D eigenvalue weighted by Gasteiger charge is 2.16. The Kier molecular flexibility index (Phi) is 4.72. The molecule has 0 unspecified atom stereocenters. The van der Waals surface area contributed by atoms with E-state index in [-0.39, 0.29) is 0 Å². The van der Waals surface area contributed by atoms with E-state index in [1.165, 1.54) is 44.5 Å². The molecule has 1 aromatic carbocycles. The third-order valence-electron chi connectivity index (χ3n) is 5.37. The molecule has 25 heavy (non-hydrogen) atoms. The normalized spacial score (nSPS) is 18.6. The Hall–Kier alpha value is -2.30. The maximum absolute atomic E-state index is 4.41. The Labute approximate surface area is 150 Å². The van der Waals surface area contributed by atoms with E-state index in [1.807, 2.05) is 6.07 Å². The van der Waals surface area contributed by atoms with Crippen LogP contribution < -0.4 is 15.1 Å². The van der Waals surface area contributed by atoms with Crippen LogP contribution in [-0.2, 0) is 0 Å². The molecule has 4 rings (SSSR count). The highest BCUT2D eigenvalue weighted by atomic mass is 15.2. The van der Waals surface area contributed by atoms with Crippen LogP contribution in [0.2, 0.25) is 0 Å². The lowest BCUT2D eigenvalue weighted by Gasteiger charge is -2.32. The van der Waals surface area contributed by atoms with E-state index in [2.05, 4.69) is 56.3 Å². The second kappa shape index (κ2) is 7.30. The summed E-state index contributed by atoms with van der Waals surface area (Å²) in [6, 6.07) is 10.8. The molecule has 0 bridgehead atoms. The highest BCUT2D eigenvalue weighted by Crippen LogP contribution is 2.26. The van der Waals surface area contributed by atoms with Gasteiger partial charge in [-0.2, -0.15) is 0 Å². The summed E-state index contributed by atoms with van der Waals surface area (Å²) in [5, 5.41) is 3.41. The highest BCUT2D eigenvalue weighted by molar-refractivity contribution is 5.62. The Morgan fingerprint density at radius 2 is 1.64 bits per heavy atom. The molecule has 2 aliphatic heterocycles. The predicted molar refractivity (Wildman–Crippen MR) is 104 cm³/mol. The van der Waals surface area contributed by atoms with Crippen LogP contribution in [0.1, 0.15) is 32.6 Å². The number of rotatable bonds is 4. The van der Waals surface area contributed by atoms with Crippen molar-refractivity contribution in [2.75, 3.05) is 41.3 Å². The van der Waals surface area contributed by atoms with Crippen LogP contribution in [-0.4, -0.2) is 36.1 Å². The van der Waals surface area contributed by atoms with Crippen molar-refractivity contribution in [1.82, 2.24) is 9.97 Å². The molecule has 1 N–H and O–H groups in total. The Bertz CT molecular complexity index is 685. The van der Waals surface area contributed by atoms with Gasteiger partial charge in [0.15, 0.2) is 0 Å². The molecule has 132 valence electrons. The summed E-state index contributed by atoms with van der Waals surface area (Å²) >= 11 is 0. The van der Waals surface area contributed by atoms with Crippen molar-refractivity contribution >= 4 is 23.0 Å². The Morgan fingerprint density at radius 1 is 0.920 bits per heavy atom. The van der Waals surface area contributed by atoms with Gasteiger partial charge in [-0.15, -0.1) is 0 Å². The van der Waals surface area contributed by atoms with Gasteiger partial charge in [0, 0.05) is 43.6 Å². The van der Waals surface area contributed by atoms with Gasteiger partial charge in [-0.05, 0) is 55.9 Å². The number of nitrogens with zero attached hydrogens (tertiary/aromatic N) is 4. The van der Waals surface area contributed by atoms with Gasteiger partial charge in [0.25, 0.3) is 0 Å². The van der Waals surface area contributed by atoms with E-state index in [1.54, 1.807) is 6.33 Å². The van der Waals surface area contributed by atoms with Crippen molar-refractivity contribution in [3.05, 3.63) is 36.7 Å². The number of hydrogen-bond donors (Lipinski definition) is 1. The Balaban J connectivity index is 1.42. The van der Waals surface area contributed by atoms with Crippen molar-refractivity contribution in [2.24, 2.45) is 5.92 Å². The second-order valence-corrected chi connectivity index (χ2v) is 7.30. The lowest BCUT2D eigenvalue weighted by molar-refractivity contribution is 0.438. The van der Waals surface area contributed by atoms with Crippen molar-refractivity contribution in [1.29, 1.82) is 0 Å². The SMILES string of the molecule is CC1CCN(c2ccc(Nc3cc(N4CCCC4)ncn3)cc2)CC1. The average molecular weight is 337 g/mol. The Morgan fingerprint density at radius 3 is 2.36 bits per heavy atom. The monoisotopic (exact) mass is 337 g/mol. The van der Waals surface area contributed by atoms with E-state index in [9.17, 15) is 0 Å². The molecule has 2 fully saturated rings. The molecule has 0 aliphatic carbocycles. The van der Waals surface area contributed by atoms with E-state index >= 15 is 0 Å². The molecule has 0 saturated carbocycles. The number of hydrogen-bond acceptors (Lipinski definition) is 5. The van der Waals surface area contributed by atoms with Crippen molar-refractivity contribution in [3.63, 3.8) is 0 Å². The van der Waals surface area contributed by atoms with Crippen LogP contribution in [0.15, 0.2) is 36.7 Å². The third kappa shape index (κ3) is 3.86.